The highest BCUT2D eigenvalue weighted by Gasteiger charge is 2.17. The second-order valence-electron chi connectivity index (χ2n) is 7.58. The first-order valence-electron chi connectivity index (χ1n) is 10.7. The molecule has 2 heterocycles. The number of carbonyl (C=O) groups excluding carboxylic acids is 1. The molecule has 0 bridgehead atoms. The van der Waals surface area contributed by atoms with E-state index in [9.17, 15) is 9.59 Å². The topological polar surface area (TPSA) is 82.5 Å². The van der Waals surface area contributed by atoms with E-state index in [0.29, 0.717) is 39.1 Å². The Kier molecular flexibility index (Phi) is 7.23. The molecule has 0 aliphatic heterocycles. The number of thioether (sulfide) groups is 1. The summed E-state index contributed by atoms with van der Waals surface area (Å²) in [6.45, 7) is 4.40. The number of methoxy groups -OCH3 is 2. The fraction of sp³-hybridized carbons (Fsp3) is 0.240. The summed E-state index contributed by atoms with van der Waals surface area (Å²) in [5.74, 6) is 1.04. The number of fused-ring (bicyclic) bond motifs is 1. The molecule has 0 aliphatic rings. The lowest BCUT2D eigenvalue weighted by Crippen LogP contribution is -2.23. The van der Waals surface area contributed by atoms with E-state index in [1.807, 2.05) is 43.5 Å². The van der Waals surface area contributed by atoms with Gasteiger partial charge in [0, 0.05) is 41.4 Å². The Morgan fingerprint density at radius 1 is 1.12 bits per heavy atom. The molecule has 0 saturated carbocycles. The van der Waals surface area contributed by atoms with Gasteiger partial charge in [0.2, 0.25) is 5.91 Å². The average molecular weight is 496 g/mol. The Bertz CT molecular complexity index is 1370. The van der Waals surface area contributed by atoms with Gasteiger partial charge in [-0.15, -0.1) is 11.3 Å². The highest BCUT2D eigenvalue weighted by Crippen LogP contribution is 2.33. The number of hydrogen-bond acceptors (Lipinski definition) is 7. The smallest absolute Gasteiger partial charge is 0.272 e. The monoisotopic (exact) mass is 495 g/mol. The number of nitrogens with one attached hydrogen (secondary N) is 1. The maximum Gasteiger partial charge on any atom is 0.272 e. The number of rotatable bonds is 8. The van der Waals surface area contributed by atoms with E-state index in [0.717, 1.165) is 11.1 Å². The Morgan fingerprint density at radius 3 is 2.41 bits per heavy atom. The molecule has 2 aromatic heterocycles. The second-order valence-corrected chi connectivity index (χ2v) is 9.40. The standard InChI is InChI=1S/C25H25N3O4S2/c1-5-28-24(30)23-22(20(13-33-23)16-8-6-15(2)7-9-16)27-25(28)34-14-21(29)26-17-10-18(31-3)12-19(11-17)32-4/h6-13H,5,14H2,1-4H3,(H,26,29). The van der Waals surface area contributed by atoms with Crippen LogP contribution in [0.4, 0.5) is 5.69 Å². The van der Waals surface area contributed by atoms with Crippen molar-refractivity contribution in [3.05, 3.63) is 63.8 Å². The first kappa shape index (κ1) is 23.8. The number of carbonyl (C=O) groups is 1. The largest absolute Gasteiger partial charge is 0.497 e. The van der Waals surface area contributed by atoms with Gasteiger partial charge in [0.05, 0.1) is 25.5 Å². The van der Waals surface area contributed by atoms with E-state index in [4.69, 9.17) is 14.5 Å². The number of thiophene rings is 1. The molecule has 0 aliphatic carbocycles. The third-order valence-corrected chi connectivity index (χ3v) is 7.22. The van der Waals surface area contributed by atoms with Gasteiger partial charge in [0.15, 0.2) is 5.16 Å². The molecule has 0 spiro atoms. The maximum absolute atomic E-state index is 13.1. The van der Waals surface area contributed by atoms with Crippen LogP contribution in [0, 0.1) is 6.92 Å². The normalized spacial score (nSPS) is 10.9. The van der Waals surface area contributed by atoms with Crippen LogP contribution in [0.25, 0.3) is 21.3 Å². The number of anilines is 1. The van der Waals surface area contributed by atoms with Crippen molar-refractivity contribution in [3.63, 3.8) is 0 Å². The van der Waals surface area contributed by atoms with E-state index in [1.54, 1.807) is 37.0 Å². The van der Waals surface area contributed by atoms with E-state index in [1.165, 1.54) is 28.7 Å². The molecule has 34 heavy (non-hydrogen) atoms. The fourth-order valence-electron chi connectivity index (χ4n) is 3.51. The van der Waals surface area contributed by atoms with E-state index in [2.05, 4.69) is 5.32 Å². The van der Waals surface area contributed by atoms with Gasteiger partial charge in [0.25, 0.3) is 5.56 Å². The summed E-state index contributed by atoms with van der Waals surface area (Å²) in [6.07, 6.45) is 0. The molecule has 0 fully saturated rings. The number of benzene rings is 2. The molecule has 1 N–H and O–H groups in total. The number of aromatic nitrogens is 2. The van der Waals surface area contributed by atoms with Crippen molar-refractivity contribution >= 4 is 44.9 Å². The van der Waals surface area contributed by atoms with Crippen LogP contribution in [0.5, 0.6) is 11.5 Å². The SMILES string of the molecule is CCn1c(SCC(=O)Nc2cc(OC)cc(OC)c2)nc2c(-c3ccc(C)cc3)csc2c1=O. The lowest BCUT2D eigenvalue weighted by Gasteiger charge is -2.12. The van der Waals surface area contributed by atoms with Gasteiger partial charge in [-0.25, -0.2) is 4.98 Å². The summed E-state index contributed by atoms with van der Waals surface area (Å²) in [4.78, 5) is 30.6. The molecular weight excluding hydrogens is 470 g/mol. The minimum atomic E-state index is -0.221. The van der Waals surface area contributed by atoms with Crippen molar-refractivity contribution in [2.24, 2.45) is 0 Å². The van der Waals surface area contributed by atoms with Crippen LogP contribution in [0.3, 0.4) is 0 Å². The molecule has 4 aromatic rings. The van der Waals surface area contributed by atoms with Crippen molar-refractivity contribution in [3.8, 4) is 22.6 Å². The molecule has 1 amide bonds. The Balaban J connectivity index is 1.60. The summed E-state index contributed by atoms with van der Waals surface area (Å²) < 4.78 is 12.7. The second kappa shape index (κ2) is 10.3. The number of nitrogens with zero attached hydrogens (tertiary/aromatic N) is 2. The zero-order valence-corrected chi connectivity index (χ0v) is 21.0. The quantitative estimate of drug-likeness (QED) is 0.267. The molecule has 0 radical (unpaired) electrons. The average Bonchev–Trinajstić information content (AvgIpc) is 3.27. The third-order valence-electron chi connectivity index (χ3n) is 5.29. The van der Waals surface area contributed by atoms with Gasteiger partial charge >= 0.3 is 0 Å². The van der Waals surface area contributed by atoms with Crippen LogP contribution < -0.4 is 20.3 Å². The molecule has 7 nitrogen and oxygen atoms in total. The first-order chi connectivity index (χ1) is 16.4. The van der Waals surface area contributed by atoms with Crippen LogP contribution >= 0.6 is 23.1 Å². The van der Waals surface area contributed by atoms with Crippen molar-refractivity contribution in [1.29, 1.82) is 0 Å². The summed E-state index contributed by atoms with van der Waals surface area (Å²) in [5.41, 5.74) is 4.26. The highest BCUT2D eigenvalue weighted by atomic mass is 32.2. The maximum atomic E-state index is 13.1. The molecule has 2 aromatic carbocycles. The van der Waals surface area contributed by atoms with E-state index in [-0.39, 0.29) is 17.2 Å². The van der Waals surface area contributed by atoms with Crippen molar-refractivity contribution < 1.29 is 14.3 Å². The van der Waals surface area contributed by atoms with Crippen LogP contribution in [-0.2, 0) is 11.3 Å². The van der Waals surface area contributed by atoms with Crippen LogP contribution in [-0.4, -0.2) is 35.4 Å². The number of aryl methyl sites for hydroxylation is 1. The summed E-state index contributed by atoms with van der Waals surface area (Å²) in [5, 5.41) is 5.35. The van der Waals surface area contributed by atoms with Gasteiger partial charge in [-0.1, -0.05) is 41.6 Å². The van der Waals surface area contributed by atoms with Crippen LogP contribution in [0.1, 0.15) is 12.5 Å². The molecule has 0 atom stereocenters. The minimum absolute atomic E-state index is 0.0868. The molecule has 4 rings (SSSR count). The van der Waals surface area contributed by atoms with Crippen molar-refractivity contribution in [1.82, 2.24) is 9.55 Å². The van der Waals surface area contributed by atoms with Gasteiger partial charge < -0.3 is 14.8 Å². The Labute approximate surface area is 205 Å². The summed E-state index contributed by atoms with van der Waals surface area (Å²) >= 11 is 2.64. The van der Waals surface area contributed by atoms with Crippen LogP contribution in [0.15, 0.2) is 57.8 Å². The highest BCUT2D eigenvalue weighted by molar-refractivity contribution is 7.99. The van der Waals surface area contributed by atoms with Crippen molar-refractivity contribution in [2.45, 2.75) is 25.5 Å². The fourth-order valence-corrected chi connectivity index (χ4v) is 5.33. The number of hydrogen-bond donors (Lipinski definition) is 1. The molecule has 176 valence electrons. The van der Waals surface area contributed by atoms with E-state index >= 15 is 0 Å². The molecular formula is C25H25N3O4S2. The van der Waals surface area contributed by atoms with Gasteiger partial charge in [-0.2, -0.15) is 0 Å². The summed E-state index contributed by atoms with van der Waals surface area (Å²) in [6, 6.07) is 13.3. The Hall–Kier alpha value is -3.30. The predicted molar refractivity (Wildman–Crippen MR) is 139 cm³/mol. The molecule has 9 heteroatoms. The zero-order valence-electron chi connectivity index (χ0n) is 19.4. The summed E-state index contributed by atoms with van der Waals surface area (Å²) in [7, 11) is 3.11. The van der Waals surface area contributed by atoms with Gasteiger partial charge in [-0.05, 0) is 19.4 Å². The van der Waals surface area contributed by atoms with Crippen LogP contribution in [0.2, 0.25) is 0 Å². The minimum Gasteiger partial charge on any atom is -0.497 e. The number of ether oxygens (including phenoxy) is 2. The molecule has 0 unspecified atom stereocenters. The van der Waals surface area contributed by atoms with E-state index < -0.39 is 0 Å². The van der Waals surface area contributed by atoms with Crippen molar-refractivity contribution in [2.75, 3.05) is 25.3 Å². The first-order valence-corrected chi connectivity index (χ1v) is 12.5. The third kappa shape index (κ3) is 4.95. The lowest BCUT2D eigenvalue weighted by molar-refractivity contribution is -0.113. The molecule has 0 saturated heterocycles. The lowest BCUT2D eigenvalue weighted by atomic mass is 10.1. The van der Waals surface area contributed by atoms with Gasteiger partial charge in [-0.3, -0.25) is 14.2 Å². The van der Waals surface area contributed by atoms with Gasteiger partial charge in [0.1, 0.15) is 16.2 Å². The zero-order chi connectivity index (χ0) is 24.2. The Morgan fingerprint density at radius 2 is 1.79 bits per heavy atom. The predicted octanol–water partition coefficient (Wildman–Crippen LogP) is 5.20. The number of amides is 1.